The van der Waals surface area contributed by atoms with E-state index in [2.05, 4.69) is 20.7 Å². The molecule has 21 heavy (non-hydrogen) atoms. The van der Waals surface area contributed by atoms with Gasteiger partial charge in [0.2, 0.25) is 11.8 Å². The zero-order chi connectivity index (χ0) is 15.6. The first-order valence-corrected chi connectivity index (χ1v) is 7.27. The summed E-state index contributed by atoms with van der Waals surface area (Å²) in [7, 11) is 1.67. The number of amides is 2. The minimum atomic E-state index is -0.491. The van der Waals surface area contributed by atoms with Crippen LogP contribution in [0.3, 0.4) is 0 Å². The Morgan fingerprint density at radius 1 is 1.33 bits per heavy atom. The number of aryl methyl sites for hydroxylation is 1. The van der Waals surface area contributed by atoms with E-state index in [0.29, 0.717) is 12.2 Å². The molecule has 8 nitrogen and oxygen atoms in total. The summed E-state index contributed by atoms with van der Waals surface area (Å²) in [5, 5.41) is 14.6. The molecule has 1 N–H and O–H groups in total. The monoisotopic (exact) mass is 294 g/mol. The second-order valence-corrected chi connectivity index (χ2v) is 5.70. The lowest BCUT2D eigenvalue weighted by Crippen LogP contribution is -2.64. The van der Waals surface area contributed by atoms with Gasteiger partial charge in [-0.3, -0.25) is 9.59 Å². The van der Waals surface area contributed by atoms with Crippen LogP contribution < -0.4 is 5.32 Å². The second-order valence-electron chi connectivity index (χ2n) is 5.70. The van der Waals surface area contributed by atoms with Crippen LogP contribution in [0.2, 0.25) is 0 Å². The Hall–Kier alpha value is -1.99. The summed E-state index contributed by atoms with van der Waals surface area (Å²) in [6.45, 7) is 6.05. The van der Waals surface area contributed by atoms with Crippen LogP contribution in [0.25, 0.3) is 0 Å². The zero-order valence-electron chi connectivity index (χ0n) is 12.9. The van der Waals surface area contributed by atoms with E-state index in [-0.39, 0.29) is 24.3 Å². The Morgan fingerprint density at radius 3 is 2.57 bits per heavy atom. The molecule has 1 aromatic heterocycles. The molecule has 1 aliphatic heterocycles. The lowest BCUT2D eigenvalue weighted by molar-refractivity contribution is -0.152. The van der Waals surface area contributed by atoms with Crippen molar-refractivity contribution in [2.24, 2.45) is 13.0 Å². The SMILES string of the molecule is CCCC1NC(=O)C(C(C)C)N(Cc2nnn(C)n2)C1=O. The molecule has 1 aliphatic rings. The fourth-order valence-corrected chi connectivity index (χ4v) is 2.66. The number of hydrogen-bond acceptors (Lipinski definition) is 5. The Kier molecular flexibility index (Phi) is 4.54. The van der Waals surface area contributed by atoms with Crippen molar-refractivity contribution in [3.05, 3.63) is 5.82 Å². The Morgan fingerprint density at radius 2 is 2.05 bits per heavy atom. The van der Waals surface area contributed by atoms with Gasteiger partial charge >= 0.3 is 0 Å². The van der Waals surface area contributed by atoms with E-state index >= 15 is 0 Å². The van der Waals surface area contributed by atoms with Gasteiger partial charge in [-0.25, -0.2) is 0 Å². The number of nitrogens with zero attached hydrogens (tertiary/aromatic N) is 5. The molecular weight excluding hydrogens is 272 g/mol. The fraction of sp³-hybridized carbons (Fsp3) is 0.769. The first-order chi connectivity index (χ1) is 9.93. The van der Waals surface area contributed by atoms with E-state index in [1.807, 2.05) is 20.8 Å². The fourth-order valence-electron chi connectivity index (χ4n) is 2.66. The summed E-state index contributed by atoms with van der Waals surface area (Å²) in [5.41, 5.74) is 0. The van der Waals surface area contributed by atoms with Gasteiger partial charge in [0.25, 0.3) is 0 Å². The highest BCUT2D eigenvalue weighted by atomic mass is 16.2. The highest BCUT2D eigenvalue weighted by Gasteiger charge is 2.41. The largest absolute Gasteiger partial charge is 0.342 e. The van der Waals surface area contributed by atoms with Crippen LogP contribution in [0.4, 0.5) is 0 Å². The highest BCUT2D eigenvalue weighted by molar-refractivity contribution is 5.97. The van der Waals surface area contributed by atoms with Gasteiger partial charge in [0, 0.05) is 0 Å². The standard InChI is InChI=1S/C13H22N6O2/c1-5-6-9-13(21)19(7-10-15-17-18(4)16-10)11(8(2)3)12(20)14-9/h8-9,11H,5-7H2,1-4H3,(H,14,20). The van der Waals surface area contributed by atoms with Crippen molar-refractivity contribution in [3.8, 4) is 0 Å². The molecule has 0 aromatic carbocycles. The minimum Gasteiger partial charge on any atom is -0.342 e. The summed E-state index contributed by atoms with van der Waals surface area (Å²) >= 11 is 0. The molecule has 2 heterocycles. The first kappa shape index (κ1) is 15.4. The van der Waals surface area contributed by atoms with E-state index in [1.54, 1.807) is 11.9 Å². The summed E-state index contributed by atoms with van der Waals surface area (Å²) in [5.74, 6) is 0.296. The van der Waals surface area contributed by atoms with Crippen LogP contribution in [0.15, 0.2) is 0 Å². The maximum Gasteiger partial charge on any atom is 0.246 e. The van der Waals surface area contributed by atoms with Gasteiger partial charge in [-0.05, 0) is 17.6 Å². The summed E-state index contributed by atoms with van der Waals surface area (Å²) in [6.07, 6.45) is 1.47. The van der Waals surface area contributed by atoms with Crippen molar-refractivity contribution in [3.63, 3.8) is 0 Å². The Bertz CT molecular complexity index is 526. The van der Waals surface area contributed by atoms with Crippen molar-refractivity contribution in [2.75, 3.05) is 0 Å². The third kappa shape index (κ3) is 3.20. The van der Waals surface area contributed by atoms with Gasteiger partial charge in [-0.1, -0.05) is 27.2 Å². The predicted octanol–water partition coefficient (Wildman–Crippen LogP) is -0.138. The van der Waals surface area contributed by atoms with Crippen LogP contribution in [-0.4, -0.2) is 49.0 Å². The summed E-state index contributed by atoms with van der Waals surface area (Å²) < 4.78 is 0. The number of carbonyl (C=O) groups is 2. The van der Waals surface area contributed by atoms with E-state index in [4.69, 9.17) is 0 Å². The van der Waals surface area contributed by atoms with Gasteiger partial charge in [0.1, 0.15) is 12.1 Å². The van der Waals surface area contributed by atoms with Gasteiger partial charge in [0.15, 0.2) is 5.82 Å². The topological polar surface area (TPSA) is 93.0 Å². The summed E-state index contributed by atoms with van der Waals surface area (Å²) in [4.78, 5) is 27.9. The summed E-state index contributed by atoms with van der Waals surface area (Å²) in [6, 6.07) is -0.941. The molecule has 0 radical (unpaired) electrons. The number of piperazine rings is 1. The smallest absolute Gasteiger partial charge is 0.246 e. The minimum absolute atomic E-state index is 0.0215. The Labute approximate surface area is 123 Å². The molecule has 1 saturated heterocycles. The highest BCUT2D eigenvalue weighted by Crippen LogP contribution is 2.20. The molecule has 116 valence electrons. The van der Waals surface area contributed by atoms with Crippen molar-refractivity contribution >= 4 is 11.8 Å². The van der Waals surface area contributed by atoms with E-state index < -0.39 is 12.1 Å². The van der Waals surface area contributed by atoms with Gasteiger partial charge < -0.3 is 10.2 Å². The Balaban J connectivity index is 2.25. The number of carbonyl (C=O) groups excluding carboxylic acids is 2. The van der Waals surface area contributed by atoms with Gasteiger partial charge in [0.05, 0.1) is 13.6 Å². The van der Waals surface area contributed by atoms with Crippen LogP contribution in [-0.2, 0) is 23.2 Å². The van der Waals surface area contributed by atoms with E-state index in [0.717, 1.165) is 6.42 Å². The molecule has 0 bridgehead atoms. The number of hydrogen-bond donors (Lipinski definition) is 1. The number of rotatable bonds is 5. The second kappa shape index (κ2) is 6.19. The van der Waals surface area contributed by atoms with Crippen molar-refractivity contribution in [1.82, 2.24) is 30.4 Å². The van der Waals surface area contributed by atoms with E-state index in [1.165, 1.54) is 4.80 Å². The quantitative estimate of drug-likeness (QED) is 0.816. The molecule has 1 aromatic rings. The van der Waals surface area contributed by atoms with Crippen molar-refractivity contribution < 1.29 is 9.59 Å². The normalized spacial score (nSPS) is 22.8. The lowest BCUT2D eigenvalue weighted by Gasteiger charge is -2.40. The molecule has 2 atom stereocenters. The predicted molar refractivity (Wildman–Crippen MR) is 74.8 cm³/mol. The van der Waals surface area contributed by atoms with Crippen LogP contribution in [0.1, 0.15) is 39.4 Å². The molecule has 0 aliphatic carbocycles. The molecule has 2 unspecified atom stereocenters. The maximum absolute atomic E-state index is 12.6. The molecular formula is C13H22N6O2. The van der Waals surface area contributed by atoms with Crippen LogP contribution in [0.5, 0.6) is 0 Å². The number of nitrogens with one attached hydrogen (secondary N) is 1. The first-order valence-electron chi connectivity index (χ1n) is 7.27. The maximum atomic E-state index is 12.6. The number of tetrazole rings is 1. The number of aromatic nitrogens is 4. The van der Waals surface area contributed by atoms with Crippen molar-refractivity contribution in [2.45, 2.75) is 52.2 Å². The third-order valence-electron chi connectivity index (χ3n) is 3.57. The third-order valence-corrected chi connectivity index (χ3v) is 3.57. The van der Waals surface area contributed by atoms with Crippen molar-refractivity contribution in [1.29, 1.82) is 0 Å². The van der Waals surface area contributed by atoms with Crippen LogP contribution in [0, 0.1) is 5.92 Å². The molecule has 0 saturated carbocycles. The van der Waals surface area contributed by atoms with Gasteiger partial charge in [-0.2, -0.15) is 4.80 Å². The van der Waals surface area contributed by atoms with E-state index in [9.17, 15) is 9.59 Å². The average molecular weight is 294 g/mol. The molecule has 0 spiro atoms. The lowest BCUT2D eigenvalue weighted by atomic mass is 9.95. The zero-order valence-corrected chi connectivity index (χ0v) is 12.9. The van der Waals surface area contributed by atoms with Gasteiger partial charge in [-0.15, -0.1) is 10.2 Å². The molecule has 1 fully saturated rings. The average Bonchev–Trinajstić information content (AvgIpc) is 2.80. The molecule has 2 amide bonds. The molecule has 2 rings (SSSR count). The molecule has 8 heteroatoms. The van der Waals surface area contributed by atoms with Crippen LogP contribution >= 0.6 is 0 Å².